The Bertz CT molecular complexity index is 593. The van der Waals surface area contributed by atoms with Crippen LogP contribution in [0, 0.1) is 6.92 Å². The summed E-state index contributed by atoms with van der Waals surface area (Å²) in [6.45, 7) is 4.43. The molecular formula is C14H15NO3. The Labute approximate surface area is 106 Å². The molecule has 0 amide bonds. The number of methoxy groups -OCH3 is 1. The Kier molecular flexibility index (Phi) is 3.46. The number of aromatic nitrogens is 1. The molecule has 18 heavy (non-hydrogen) atoms. The van der Waals surface area contributed by atoms with Crippen molar-refractivity contribution in [1.29, 1.82) is 0 Å². The topological polar surface area (TPSA) is 48.4 Å². The van der Waals surface area contributed by atoms with E-state index >= 15 is 0 Å². The summed E-state index contributed by atoms with van der Waals surface area (Å²) in [5, 5.41) is 0.898. The third-order valence-electron chi connectivity index (χ3n) is 2.62. The molecule has 4 nitrogen and oxygen atoms in total. The molecule has 2 aromatic rings. The van der Waals surface area contributed by atoms with Gasteiger partial charge in [-0.15, -0.1) is 0 Å². The number of esters is 1. The molecular weight excluding hydrogens is 230 g/mol. The Morgan fingerprint density at radius 1 is 1.33 bits per heavy atom. The number of carbonyl (C=O) groups is 1. The Morgan fingerprint density at radius 2 is 2.11 bits per heavy atom. The van der Waals surface area contributed by atoms with Crippen molar-refractivity contribution in [3.8, 4) is 5.75 Å². The van der Waals surface area contributed by atoms with Gasteiger partial charge in [0.15, 0.2) is 0 Å². The zero-order valence-electron chi connectivity index (χ0n) is 10.7. The van der Waals surface area contributed by atoms with Crippen molar-refractivity contribution in [2.75, 3.05) is 13.7 Å². The number of rotatable bonds is 3. The molecule has 2 rings (SSSR count). The molecule has 0 atom stereocenters. The van der Waals surface area contributed by atoms with Gasteiger partial charge >= 0.3 is 5.97 Å². The molecule has 0 saturated carbocycles. The highest BCUT2D eigenvalue weighted by atomic mass is 16.5. The van der Waals surface area contributed by atoms with Crippen LogP contribution in [0.25, 0.3) is 10.9 Å². The lowest BCUT2D eigenvalue weighted by Gasteiger charge is -2.09. The van der Waals surface area contributed by atoms with Gasteiger partial charge in [0.05, 0.1) is 24.8 Å². The van der Waals surface area contributed by atoms with E-state index in [0.29, 0.717) is 12.2 Å². The summed E-state index contributed by atoms with van der Waals surface area (Å²) in [4.78, 5) is 15.9. The van der Waals surface area contributed by atoms with E-state index in [2.05, 4.69) is 4.98 Å². The van der Waals surface area contributed by atoms with Crippen molar-refractivity contribution in [1.82, 2.24) is 4.98 Å². The lowest BCUT2D eigenvalue weighted by molar-refractivity contribution is 0.0601. The predicted molar refractivity (Wildman–Crippen MR) is 69.0 cm³/mol. The number of hydrogen-bond acceptors (Lipinski definition) is 4. The van der Waals surface area contributed by atoms with Gasteiger partial charge in [0.25, 0.3) is 0 Å². The van der Waals surface area contributed by atoms with Crippen LogP contribution >= 0.6 is 0 Å². The summed E-state index contributed by atoms with van der Waals surface area (Å²) in [5.74, 6) is 0.426. The second kappa shape index (κ2) is 5.04. The van der Waals surface area contributed by atoms with Crippen LogP contribution in [-0.4, -0.2) is 24.7 Å². The maximum Gasteiger partial charge on any atom is 0.337 e. The molecule has 1 heterocycles. The monoisotopic (exact) mass is 245 g/mol. The summed E-state index contributed by atoms with van der Waals surface area (Å²) in [7, 11) is 1.36. The van der Waals surface area contributed by atoms with E-state index in [4.69, 9.17) is 9.47 Å². The normalized spacial score (nSPS) is 10.4. The van der Waals surface area contributed by atoms with Gasteiger partial charge in [-0.25, -0.2) is 4.79 Å². The van der Waals surface area contributed by atoms with E-state index in [1.165, 1.54) is 7.11 Å². The van der Waals surface area contributed by atoms with Crippen molar-refractivity contribution >= 4 is 16.9 Å². The van der Waals surface area contributed by atoms with Gasteiger partial charge < -0.3 is 9.47 Å². The summed E-state index contributed by atoms with van der Waals surface area (Å²) in [6.07, 6.45) is 0. The molecule has 1 aromatic carbocycles. The summed E-state index contributed by atoms with van der Waals surface area (Å²) in [6, 6.07) is 7.16. The fraction of sp³-hybridized carbons (Fsp3) is 0.286. The molecule has 1 aromatic heterocycles. The standard InChI is InChI=1S/C14H15NO3/c1-4-18-13-7-9(2)15-12-8-10(14(16)17-3)5-6-11(12)13/h5-8H,4H2,1-3H3. The smallest absolute Gasteiger partial charge is 0.337 e. The molecule has 0 saturated heterocycles. The Hall–Kier alpha value is -2.10. The highest BCUT2D eigenvalue weighted by molar-refractivity contribution is 5.95. The van der Waals surface area contributed by atoms with Crippen LogP contribution in [0.2, 0.25) is 0 Å². The molecule has 0 unspecified atom stereocenters. The van der Waals surface area contributed by atoms with Crippen molar-refractivity contribution in [3.05, 3.63) is 35.5 Å². The van der Waals surface area contributed by atoms with Crippen LogP contribution in [0.5, 0.6) is 5.75 Å². The van der Waals surface area contributed by atoms with Crippen LogP contribution in [0.1, 0.15) is 23.0 Å². The minimum Gasteiger partial charge on any atom is -0.493 e. The van der Waals surface area contributed by atoms with E-state index in [1.54, 1.807) is 12.1 Å². The quantitative estimate of drug-likeness (QED) is 0.780. The summed E-state index contributed by atoms with van der Waals surface area (Å²) in [5.41, 5.74) is 2.08. The van der Waals surface area contributed by atoms with E-state index < -0.39 is 0 Å². The number of hydrogen-bond donors (Lipinski definition) is 0. The van der Waals surface area contributed by atoms with Crippen molar-refractivity contribution < 1.29 is 14.3 Å². The van der Waals surface area contributed by atoms with E-state index in [-0.39, 0.29) is 5.97 Å². The lowest BCUT2D eigenvalue weighted by atomic mass is 10.1. The lowest BCUT2D eigenvalue weighted by Crippen LogP contribution is -2.02. The Morgan fingerprint density at radius 3 is 2.78 bits per heavy atom. The first-order valence-corrected chi connectivity index (χ1v) is 5.78. The maximum atomic E-state index is 11.5. The molecule has 94 valence electrons. The number of fused-ring (bicyclic) bond motifs is 1. The number of benzene rings is 1. The van der Waals surface area contributed by atoms with E-state index in [9.17, 15) is 4.79 Å². The maximum absolute atomic E-state index is 11.5. The third-order valence-corrected chi connectivity index (χ3v) is 2.62. The molecule has 0 spiro atoms. The molecule has 0 aliphatic rings. The van der Waals surface area contributed by atoms with Gasteiger partial charge in [0.2, 0.25) is 0 Å². The molecule has 0 aliphatic heterocycles. The average Bonchev–Trinajstić information content (AvgIpc) is 2.37. The molecule has 0 aliphatic carbocycles. The van der Waals surface area contributed by atoms with Crippen LogP contribution in [0.3, 0.4) is 0 Å². The molecule has 4 heteroatoms. The fourth-order valence-corrected chi connectivity index (χ4v) is 1.84. The van der Waals surface area contributed by atoms with Crippen molar-refractivity contribution in [2.24, 2.45) is 0 Å². The number of ether oxygens (including phenoxy) is 2. The first-order chi connectivity index (χ1) is 8.65. The zero-order valence-corrected chi connectivity index (χ0v) is 10.7. The minimum absolute atomic E-state index is 0.363. The molecule has 0 radical (unpaired) electrons. The predicted octanol–water partition coefficient (Wildman–Crippen LogP) is 2.73. The average molecular weight is 245 g/mol. The number of aryl methyl sites for hydroxylation is 1. The largest absolute Gasteiger partial charge is 0.493 e. The van der Waals surface area contributed by atoms with Crippen molar-refractivity contribution in [2.45, 2.75) is 13.8 Å². The SMILES string of the molecule is CCOc1cc(C)nc2cc(C(=O)OC)ccc12. The molecule has 0 fully saturated rings. The third kappa shape index (κ3) is 2.27. The van der Waals surface area contributed by atoms with Crippen molar-refractivity contribution in [3.63, 3.8) is 0 Å². The Balaban J connectivity index is 2.60. The first-order valence-electron chi connectivity index (χ1n) is 5.78. The summed E-state index contributed by atoms with van der Waals surface area (Å²) < 4.78 is 10.3. The van der Waals surface area contributed by atoms with Gasteiger partial charge in [-0.1, -0.05) is 0 Å². The number of pyridine rings is 1. The van der Waals surface area contributed by atoms with Gasteiger partial charge in [0.1, 0.15) is 5.75 Å². The first kappa shape index (κ1) is 12.4. The summed E-state index contributed by atoms with van der Waals surface area (Å²) >= 11 is 0. The van der Waals surface area contributed by atoms with Gasteiger partial charge in [-0.2, -0.15) is 0 Å². The minimum atomic E-state index is -0.363. The molecule has 0 bridgehead atoms. The highest BCUT2D eigenvalue weighted by Crippen LogP contribution is 2.26. The van der Waals surface area contributed by atoms with Crippen LogP contribution in [0.4, 0.5) is 0 Å². The molecule has 0 N–H and O–H groups in total. The van der Waals surface area contributed by atoms with Gasteiger partial charge in [-0.05, 0) is 32.0 Å². The fourth-order valence-electron chi connectivity index (χ4n) is 1.84. The highest BCUT2D eigenvalue weighted by Gasteiger charge is 2.10. The van der Waals surface area contributed by atoms with E-state index in [0.717, 1.165) is 22.3 Å². The van der Waals surface area contributed by atoms with Gasteiger partial charge in [0, 0.05) is 17.1 Å². The van der Waals surface area contributed by atoms with Crippen LogP contribution in [-0.2, 0) is 4.74 Å². The number of nitrogens with zero attached hydrogens (tertiary/aromatic N) is 1. The van der Waals surface area contributed by atoms with Crippen LogP contribution in [0.15, 0.2) is 24.3 Å². The second-order valence-electron chi connectivity index (χ2n) is 3.92. The van der Waals surface area contributed by atoms with Crippen LogP contribution < -0.4 is 4.74 Å². The zero-order chi connectivity index (χ0) is 13.1. The number of carbonyl (C=O) groups excluding carboxylic acids is 1. The van der Waals surface area contributed by atoms with E-state index in [1.807, 2.05) is 26.0 Å². The second-order valence-corrected chi connectivity index (χ2v) is 3.92. The van der Waals surface area contributed by atoms with Gasteiger partial charge in [-0.3, -0.25) is 4.98 Å².